The molecule has 0 bridgehead atoms. The second-order valence-corrected chi connectivity index (χ2v) is 12.0. The Morgan fingerprint density at radius 3 is 2.27 bits per heavy atom. The van der Waals surface area contributed by atoms with Crippen LogP contribution in [0, 0.1) is 6.92 Å². The molecule has 0 amide bonds. The summed E-state index contributed by atoms with van der Waals surface area (Å²) in [5, 5.41) is 1.62. The first kappa shape index (κ1) is 25.5. The molecule has 3 heterocycles. The number of halogens is 1. The van der Waals surface area contributed by atoms with E-state index < -0.39 is 10.0 Å². The van der Waals surface area contributed by atoms with E-state index in [1.807, 2.05) is 56.8 Å². The summed E-state index contributed by atoms with van der Waals surface area (Å²) in [6.07, 6.45) is 1.75. The van der Waals surface area contributed by atoms with Crippen molar-refractivity contribution in [1.29, 1.82) is 0 Å². The highest BCUT2D eigenvalue weighted by Gasteiger charge is 2.29. The molecule has 0 spiro atoms. The summed E-state index contributed by atoms with van der Waals surface area (Å²) >= 11 is 6.12. The first-order valence-electron chi connectivity index (χ1n) is 12.3. The van der Waals surface area contributed by atoms with E-state index in [0.29, 0.717) is 36.9 Å². The number of aromatic nitrogens is 3. The van der Waals surface area contributed by atoms with E-state index in [1.54, 1.807) is 35.1 Å². The third-order valence-electron chi connectivity index (χ3n) is 7.16. The van der Waals surface area contributed by atoms with Gasteiger partial charge in [-0.2, -0.15) is 4.31 Å². The van der Waals surface area contributed by atoms with Gasteiger partial charge in [0, 0.05) is 66.8 Å². The molecule has 0 saturated carbocycles. The second kappa shape index (κ2) is 9.63. The van der Waals surface area contributed by atoms with E-state index in [-0.39, 0.29) is 16.4 Å². The molecule has 2 aromatic heterocycles. The number of pyridine rings is 1. The second-order valence-electron chi connectivity index (χ2n) is 9.67. The van der Waals surface area contributed by atoms with Crippen molar-refractivity contribution in [1.82, 2.24) is 18.7 Å². The summed E-state index contributed by atoms with van der Waals surface area (Å²) in [7, 11) is -1.83. The van der Waals surface area contributed by atoms with Crippen molar-refractivity contribution in [3.05, 3.63) is 81.4 Å². The van der Waals surface area contributed by atoms with Gasteiger partial charge in [-0.15, -0.1) is 0 Å². The Labute approximate surface area is 221 Å². The lowest BCUT2D eigenvalue weighted by Gasteiger charge is -2.35. The molecule has 1 aliphatic rings. The molecule has 0 atom stereocenters. The summed E-state index contributed by atoms with van der Waals surface area (Å²) in [5.41, 5.74) is 4.06. The Bertz CT molecular complexity index is 1630. The third kappa shape index (κ3) is 4.45. The van der Waals surface area contributed by atoms with Crippen molar-refractivity contribution in [3.8, 4) is 5.69 Å². The minimum atomic E-state index is -3.67. The number of rotatable bonds is 5. The zero-order valence-corrected chi connectivity index (χ0v) is 22.9. The molecule has 1 fully saturated rings. The highest BCUT2D eigenvalue weighted by atomic mass is 35.5. The fourth-order valence-electron chi connectivity index (χ4n) is 5.14. The molecule has 4 aromatic rings. The minimum absolute atomic E-state index is 0.0763. The summed E-state index contributed by atoms with van der Waals surface area (Å²) < 4.78 is 31.8. The Hall–Kier alpha value is -3.14. The largest absolute Gasteiger partial charge is 0.368 e. The monoisotopic (exact) mass is 539 g/mol. The van der Waals surface area contributed by atoms with Crippen LogP contribution in [0.15, 0.2) is 64.4 Å². The fraction of sp³-hybridized carbons (Fsp3) is 0.333. The molecule has 0 radical (unpaired) electrons. The highest BCUT2D eigenvalue weighted by Crippen LogP contribution is 2.29. The number of piperazine rings is 1. The van der Waals surface area contributed by atoms with Crippen LogP contribution in [0.4, 0.5) is 5.69 Å². The first-order chi connectivity index (χ1) is 17.6. The molecular formula is C27H30ClN5O3S. The zero-order chi connectivity index (χ0) is 26.5. The Kier molecular flexibility index (Phi) is 6.64. The molecule has 0 aliphatic carbocycles. The van der Waals surface area contributed by atoms with Gasteiger partial charge in [-0.1, -0.05) is 25.4 Å². The molecule has 0 unspecified atom stereocenters. The fourth-order valence-corrected chi connectivity index (χ4v) is 6.73. The molecule has 37 heavy (non-hydrogen) atoms. The van der Waals surface area contributed by atoms with E-state index in [9.17, 15) is 13.2 Å². The molecule has 194 valence electrons. The zero-order valence-electron chi connectivity index (χ0n) is 21.3. The van der Waals surface area contributed by atoms with Gasteiger partial charge in [0.1, 0.15) is 0 Å². The number of benzene rings is 2. The van der Waals surface area contributed by atoms with Crippen molar-refractivity contribution in [3.63, 3.8) is 0 Å². The van der Waals surface area contributed by atoms with E-state index in [4.69, 9.17) is 11.6 Å². The normalized spacial score (nSPS) is 15.1. The van der Waals surface area contributed by atoms with Gasteiger partial charge in [-0.25, -0.2) is 13.1 Å². The van der Waals surface area contributed by atoms with E-state index in [1.165, 1.54) is 4.31 Å². The maximum absolute atomic E-state index is 13.4. The Morgan fingerprint density at radius 1 is 0.973 bits per heavy atom. The van der Waals surface area contributed by atoms with Gasteiger partial charge in [0.15, 0.2) is 0 Å². The van der Waals surface area contributed by atoms with Crippen molar-refractivity contribution in [2.45, 2.75) is 31.6 Å². The first-order valence-corrected chi connectivity index (χ1v) is 14.1. The number of nitrogens with zero attached hydrogens (tertiary/aromatic N) is 5. The molecule has 1 saturated heterocycles. The predicted octanol–water partition coefficient (Wildman–Crippen LogP) is 4.32. The lowest BCUT2D eigenvalue weighted by Crippen LogP contribution is -2.48. The van der Waals surface area contributed by atoms with E-state index in [0.717, 1.165) is 27.8 Å². The maximum atomic E-state index is 13.4. The number of fused-ring (bicyclic) bond motifs is 1. The van der Waals surface area contributed by atoms with Gasteiger partial charge < -0.3 is 4.90 Å². The van der Waals surface area contributed by atoms with Crippen LogP contribution in [-0.4, -0.2) is 53.2 Å². The topological polar surface area (TPSA) is 80.4 Å². The van der Waals surface area contributed by atoms with Crippen molar-refractivity contribution in [2.75, 3.05) is 31.1 Å². The van der Waals surface area contributed by atoms with Crippen LogP contribution in [0.2, 0.25) is 5.02 Å². The predicted molar refractivity (Wildman–Crippen MR) is 148 cm³/mol. The van der Waals surface area contributed by atoms with E-state index in [2.05, 4.69) is 9.88 Å². The van der Waals surface area contributed by atoms with Crippen LogP contribution < -0.4 is 10.5 Å². The smallest absolute Gasteiger partial charge is 0.275 e. The van der Waals surface area contributed by atoms with Gasteiger partial charge in [0.05, 0.1) is 16.1 Å². The van der Waals surface area contributed by atoms with Crippen LogP contribution in [0.3, 0.4) is 0 Å². The summed E-state index contributed by atoms with van der Waals surface area (Å²) in [6.45, 7) is 7.79. The van der Waals surface area contributed by atoms with Crippen LogP contribution >= 0.6 is 11.6 Å². The molecule has 8 nitrogen and oxygen atoms in total. The lowest BCUT2D eigenvalue weighted by molar-refractivity contribution is 0.385. The maximum Gasteiger partial charge on any atom is 0.275 e. The van der Waals surface area contributed by atoms with Gasteiger partial charge in [-0.3, -0.25) is 14.5 Å². The Balaban J connectivity index is 1.35. The summed E-state index contributed by atoms with van der Waals surface area (Å²) in [4.78, 5) is 19.8. The lowest BCUT2D eigenvalue weighted by atomic mass is 10.0. The molecule has 2 aromatic carbocycles. The van der Waals surface area contributed by atoms with Gasteiger partial charge in [-0.05, 0) is 61.4 Å². The third-order valence-corrected chi connectivity index (χ3v) is 9.30. The molecular weight excluding hydrogens is 510 g/mol. The average Bonchev–Trinajstić information content (AvgIpc) is 3.11. The Morgan fingerprint density at radius 2 is 1.65 bits per heavy atom. The van der Waals surface area contributed by atoms with E-state index >= 15 is 0 Å². The van der Waals surface area contributed by atoms with Crippen LogP contribution in [0.5, 0.6) is 0 Å². The van der Waals surface area contributed by atoms with Crippen molar-refractivity contribution < 1.29 is 8.42 Å². The number of hydrogen-bond donors (Lipinski definition) is 0. The molecule has 1 aliphatic heterocycles. The van der Waals surface area contributed by atoms with Crippen LogP contribution in [0.25, 0.3) is 16.6 Å². The van der Waals surface area contributed by atoms with Crippen molar-refractivity contribution >= 4 is 38.2 Å². The van der Waals surface area contributed by atoms with Gasteiger partial charge in [0.25, 0.3) is 5.56 Å². The quantitative estimate of drug-likeness (QED) is 0.377. The molecule has 0 N–H and O–H groups in total. The van der Waals surface area contributed by atoms with Crippen LogP contribution in [-0.2, 0) is 17.1 Å². The number of anilines is 1. The molecule has 5 rings (SSSR count). The average molecular weight is 540 g/mol. The SMILES string of the molecule is Cc1c(C(C)C)c(=O)n(-c2ccc(S(=O)(=O)N3CCN(c4ccnc5cc(Cl)ccc45)CC3)cc2)n1C. The van der Waals surface area contributed by atoms with Crippen LogP contribution in [0.1, 0.15) is 31.0 Å². The number of sulfonamides is 1. The molecule has 10 heteroatoms. The van der Waals surface area contributed by atoms with Gasteiger partial charge >= 0.3 is 0 Å². The van der Waals surface area contributed by atoms with Crippen molar-refractivity contribution in [2.24, 2.45) is 7.05 Å². The highest BCUT2D eigenvalue weighted by molar-refractivity contribution is 7.89. The summed E-state index contributed by atoms with van der Waals surface area (Å²) in [6, 6.07) is 14.1. The van der Waals surface area contributed by atoms with Gasteiger partial charge in [0.2, 0.25) is 10.0 Å². The number of hydrogen-bond acceptors (Lipinski definition) is 5. The standard InChI is InChI=1S/C27H30ClN5O3S/c1-18(2)26-19(3)30(4)33(27(26)34)21-6-8-22(9-7-21)37(35,36)32-15-13-31(14-16-32)25-11-12-29-24-17-20(28)5-10-23(24)25/h5-12,17-18H,13-16H2,1-4H3. The summed E-state index contributed by atoms with van der Waals surface area (Å²) in [5.74, 6) is 0.0983. The minimum Gasteiger partial charge on any atom is -0.368 e.